The zero-order valence-electron chi connectivity index (χ0n) is 31.4. The van der Waals surface area contributed by atoms with E-state index in [9.17, 15) is 15.0 Å². The molecule has 0 saturated carbocycles. The van der Waals surface area contributed by atoms with Crippen molar-refractivity contribution in [3.63, 3.8) is 0 Å². The molecule has 274 valence electrons. The van der Waals surface area contributed by atoms with Crippen LogP contribution in [0.15, 0.2) is 12.2 Å². The van der Waals surface area contributed by atoms with Gasteiger partial charge >= 0.3 is 0 Å². The zero-order valence-corrected chi connectivity index (χ0v) is 31.4. The molecule has 4 heteroatoms. The van der Waals surface area contributed by atoms with Crippen LogP contribution in [0.25, 0.3) is 0 Å². The van der Waals surface area contributed by atoms with Gasteiger partial charge in [0.25, 0.3) is 0 Å². The van der Waals surface area contributed by atoms with Crippen LogP contribution in [0.2, 0.25) is 0 Å². The molecule has 0 aromatic heterocycles. The molecule has 0 aromatic rings. The van der Waals surface area contributed by atoms with Gasteiger partial charge in [-0.25, -0.2) is 0 Å². The van der Waals surface area contributed by atoms with Gasteiger partial charge in [-0.3, -0.25) is 4.79 Å². The summed E-state index contributed by atoms with van der Waals surface area (Å²) in [7, 11) is 0. The minimum absolute atomic E-state index is 0.0381. The Morgan fingerprint density at radius 3 is 1.20 bits per heavy atom. The van der Waals surface area contributed by atoms with Crippen molar-refractivity contribution >= 4 is 5.91 Å². The second-order valence-corrected chi connectivity index (χ2v) is 14.4. The fourth-order valence-corrected chi connectivity index (χ4v) is 6.53. The van der Waals surface area contributed by atoms with E-state index in [0.29, 0.717) is 12.8 Å². The number of amides is 1. The standard InChI is InChI=1S/C42H83NO3/c1-3-5-7-9-11-13-15-17-19-20-21-22-24-25-27-29-31-33-35-37-41(45)40(39-44)43-42(46)38-36-34-32-30-28-26-23-18-16-14-12-10-8-6-4-2/h18,23,40-41,44-45H,3-17,19-22,24-39H2,1-2H3,(H,43,46)/b23-18-. The van der Waals surface area contributed by atoms with Crippen molar-refractivity contribution in [3.05, 3.63) is 12.2 Å². The summed E-state index contributed by atoms with van der Waals surface area (Å²) in [5.74, 6) is -0.0381. The summed E-state index contributed by atoms with van der Waals surface area (Å²) in [6.07, 6.45) is 47.1. The highest BCUT2D eigenvalue weighted by molar-refractivity contribution is 5.76. The summed E-state index contributed by atoms with van der Waals surface area (Å²) < 4.78 is 0. The van der Waals surface area contributed by atoms with E-state index in [-0.39, 0.29) is 12.5 Å². The lowest BCUT2D eigenvalue weighted by Gasteiger charge is -2.22. The highest BCUT2D eigenvalue weighted by atomic mass is 16.3. The molecule has 0 aliphatic heterocycles. The van der Waals surface area contributed by atoms with Crippen molar-refractivity contribution in [2.24, 2.45) is 0 Å². The van der Waals surface area contributed by atoms with Crippen molar-refractivity contribution in [2.75, 3.05) is 6.61 Å². The van der Waals surface area contributed by atoms with E-state index in [2.05, 4.69) is 31.3 Å². The Labute approximate surface area is 288 Å². The fraction of sp³-hybridized carbons (Fsp3) is 0.929. The maximum atomic E-state index is 12.4. The second kappa shape index (κ2) is 38.6. The Bertz CT molecular complexity index is 622. The molecule has 0 radical (unpaired) electrons. The average Bonchev–Trinajstić information content (AvgIpc) is 3.06. The minimum Gasteiger partial charge on any atom is -0.394 e. The van der Waals surface area contributed by atoms with Gasteiger partial charge in [0.1, 0.15) is 0 Å². The lowest BCUT2D eigenvalue weighted by molar-refractivity contribution is -0.123. The molecule has 0 aromatic carbocycles. The molecule has 3 N–H and O–H groups in total. The Morgan fingerprint density at radius 1 is 0.500 bits per heavy atom. The van der Waals surface area contributed by atoms with Crippen molar-refractivity contribution in [1.29, 1.82) is 0 Å². The van der Waals surface area contributed by atoms with Crippen LogP contribution in [0.5, 0.6) is 0 Å². The van der Waals surface area contributed by atoms with Crippen LogP contribution in [0.4, 0.5) is 0 Å². The third-order valence-corrected chi connectivity index (χ3v) is 9.78. The number of unbranched alkanes of at least 4 members (excludes halogenated alkanes) is 29. The minimum atomic E-state index is -0.658. The number of hydrogen-bond donors (Lipinski definition) is 3. The molecular weight excluding hydrogens is 566 g/mol. The maximum absolute atomic E-state index is 12.4. The van der Waals surface area contributed by atoms with Gasteiger partial charge in [0.2, 0.25) is 5.91 Å². The molecule has 2 atom stereocenters. The fourth-order valence-electron chi connectivity index (χ4n) is 6.53. The topological polar surface area (TPSA) is 69.6 Å². The van der Waals surface area contributed by atoms with Gasteiger partial charge in [0.05, 0.1) is 18.8 Å². The Balaban J connectivity index is 3.51. The van der Waals surface area contributed by atoms with E-state index in [4.69, 9.17) is 0 Å². The van der Waals surface area contributed by atoms with Crippen LogP contribution in [0.3, 0.4) is 0 Å². The lowest BCUT2D eigenvalue weighted by atomic mass is 10.0. The predicted molar refractivity (Wildman–Crippen MR) is 202 cm³/mol. The quantitative estimate of drug-likeness (QED) is 0.0460. The summed E-state index contributed by atoms with van der Waals surface area (Å²) >= 11 is 0. The molecule has 1 amide bonds. The first kappa shape index (κ1) is 45.1. The van der Waals surface area contributed by atoms with Gasteiger partial charge < -0.3 is 15.5 Å². The van der Waals surface area contributed by atoms with Gasteiger partial charge in [-0.15, -0.1) is 0 Å². The van der Waals surface area contributed by atoms with E-state index in [0.717, 1.165) is 25.7 Å². The summed E-state index contributed by atoms with van der Waals surface area (Å²) in [6, 6.07) is -0.536. The third kappa shape index (κ3) is 34.5. The van der Waals surface area contributed by atoms with Crippen LogP contribution in [0.1, 0.15) is 232 Å². The van der Waals surface area contributed by atoms with Gasteiger partial charge in [-0.2, -0.15) is 0 Å². The van der Waals surface area contributed by atoms with Gasteiger partial charge in [0.15, 0.2) is 0 Å². The summed E-state index contributed by atoms with van der Waals surface area (Å²) in [5.41, 5.74) is 0. The van der Waals surface area contributed by atoms with E-state index >= 15 is 0 Å². The molecular formula is C42H83NO3. The second-order valence-electron chi connectivity index (χ2n) is 14.4. The van der Waals surface area contributed by atoms with Gasteiger partial charge in [0, 0.05) is 6.42 Å². The Kier molecular flexibility index (Phi) is 37.8. The number of allylic oxidation sites excluding steroid dienone is 2. The normalized spacial score (nSPS) is 13.0. The van der Waals surface area contributed by atoms with Crippen molar-refractivity contribution in [1.82, 2.24) is 5.32 Å². The van der Waals surface area contributed by atoms with Gasteiger partial charge in [-0.05, 0) is 38.5 Å². The molecule has 0 rings (SSSR count). The lowest BCUT2D eigenvalue weighted by Crippen LogP contribution is -2.45. The summed E-state index contributed by atoms with van der Waals surface area (Å²) in [6.45, 7) is 4.36. The molecule has 0 aliphatic rings. The monoisotopic (exact) mass is 650 g/mol. The maximum Gasteiger partial charge on any atom is 0.220 e. The molecule has 46 heavy (non-hydrogen) atoms. The van der Waals surface area contributed by atoms with E-state index in [1.54, 1.807) is 0 Å². The highest BCUT2D eigenvalue weighted by Gasteiger charge is 2.19. The van der Waals surface area contributed by atoms with E-state index in [1.807, 2.05) is 0 Å². The highest BCUT2D eigenvalue weighted by Crippen LogP contribution is 2.16. The van der Waals surface area contributed by atoms with Crippen molar-refractivity contribution in [2.45, 2.75) is 244 Å². The molecule has 0 spiro atoms. The molecule has 0 bridgehead atoms. The predicted octanol–water partition coefficient (Wildman–Crippen LogP) is 12.7. The first-order valence-electron chi connectivity index (χ1n) is 20.9. The molecule has 2 unspecified atom stereocenters. The third-order valence-electron chi connectivity index (χ3n) is 9.78. The SMILES string of the molecule is CCCCCCCC/C=C\CCCCCCCC(=O)NC(CO)C(O)CCCCCCCCCCCCCCCCCCCCC. The number of rotatable bonds is 38. The number of carbonyl (C=O) groups excluding carboxylic acids is 1. The molecule has 0 saturated heterocycles. The number of nitrogens with one attached hydrogen (secondary N) is 1. The Morgan fingerprint density at radius 2 is 0.826 bits per heavy atom. The summed E-state index contributed by atoms with van der Waals surface area (Å²) in [4.78, 5) is 12.4. The van der Waals surface area contributed by atoms with E-state index < -0.39 is 12.1 Å². The first-order chi connectivity index (χ1) is 22.7. The smallest absolute Gasteiger partial charge is 0.220 e. The number of aliphatic hydroxyl groups excluding tert-OH is 2. The van der Waals surface area contributed by atoms with Gasteiger partial charge in [-0.1, -0.05) is 199 Å². The average molecular weight is 650 g/mol. The zero-order chi connectivity index (χ0) is 33.6. The van der Waals surface area contributed by atoms with Crippen LogP contribution >= 0.6 is 0 Å². The van der Waals surface area contributed by atoms with Crippen molar-refractivity contribution < 1.29 is 15.0 Å². The number of aliphatic hydroxyl groups is 2. The van der Waals surface area contributed by atoms with Crippen molar-refractivity contribution in [3.8, 4) is 0 Å². The first-order valence-corrected chi connectivity index (χ1v) is 20.9. The van der Waals surface area contributed by atoms with Crippen LogP contribution in [-0.2, 0) is 4.79 Å². The molecule has 0 heterocycles. The largest absolute Gasteiger partial charge is 0.394 e. The van der Waals surface area contributed by atoms with Crippen LogP contribution in [0, 0.1) is 0 Å². The van der Waals surface area contributed by atoms with Crippen LogP contribution < -0.4 is 5.32 Å². The number of carbonyl (C=O) groups is 1. The molecule has 0 fully saturated rings. The van der Waals surface area contributed by atoms with E-state index in [1.165, 1.54) is 180 Å². The number of hydrogen-bond acceptors (Lipinski definition) is 3. The molecule has 0 aliphatic carbocycles. The van der Waals surface area contributed by atoms with Crippen LogP contribution in [-0.4, -0.2) is 34.9 Å². The summed E-state index contributed by atoms with van der Waals surface area (Å²) in [5, 5.41) is 23.1. The Hall–Kier alpha value is -0.870. The molecule has 4 nitrogen and oxygen atoms in total.